The van der Waals surface area contributed by atoms with Crippen LogP contribution in [0, 0.1) is 5.92 Å². The predicted molar refractivity (Wildman–Crippen MR) is 90.6 cm³/mol. The summed E-state index contributed by atoms with van der Waals surface area (Å²) in [5.41, 5.74) is 4.61. The lowest BCUT2D eigenvalue weighted by Crippen LogP contribution is -2.43. The SMILES string of the molecule is Cn1nc2c(c1-c1ccccn1)CCC1CC(=O)/C(=C\O)CC21C. The summed E-state index contributed by atoms with van der Waals surface area (Å²) >= 11 is 0. The summed E-state index contributed by atoms with van der Waals surface area (Å²) in [7, 11) is 1.96. The second-order valence-electron chi connectivity index (χ2n) is 7.13. The molecule has 0 radical (unpaired) electrons. The first-order valence-electron chi connectivity index (χ1n) is 8.39. The van der Waals surface area contributed by atoms with Crippen molar-refractivity contribution in [3.05, 3.63) is 47.5 Å². The molecule has 124 valence electrons. The number of ketones is 1. The van der Waals surface area contributed by atoms with Gasteiger partial charge >= 0.3 is 0 Å². The Kier molecular flexibility index (Phi) is 3.34. The average molecular weight is 323 g/mol. The van der Waals surface area contributed by atoms with Crippen molar-refractivity contribution in [2.24, 2.45) is 13.0 Å². The lowest BCUT2D eigenvalue weighted by atomic mass is 9.59. The minimum atomic E-state index is -0.207. The molecule has 0 bridgehead atoms. The highest BCUT2D eigenvalue weighted by Crippen LogP contribution is 2.51. The largest absolute Gasteiger partial charge is 0.515 e. The molecule has 4 rings (SSSR count). The average Bonchev–Trinajstić information content (AvgIpc) is 2.93. The number of nitrogens with zero attached hydrogens (tertiary/aromatic N) is 3. The van der Waals surface area contributed by atoms with Crippen molar-refractivity contribution in [1.29, 1.82) is 0 Å². The van der Waals surface area contributed by atoms with Gasteiger partial charge in [-0.3, -0.25) is 14.5 Å². The second-order valence-corrected chi connectivity index (χ2v) is 7.13. The van der Waals surface area contributed by atoms with Crippen LogP contribution in [0.5, 0.6) is 0 Å². The zero-order valence-corrected chi connectivity index (χ0v) is 14.0. The summed E-state index contributed by atoms with van der Waals surface area (Å²) in [6.45, 7) is 2.18. The van der Waals surface area contributed by atoms with Crippen molar-refractivity contribution in [2.45, 2.75) is 38.0 Å². The number of aliphatic hydroxyl groups excluding tert-OH is 1. The lowest BCUT2D eigenvalue weighted by molar-refractivity contribution is -0.119. The number of hydrogen-bond acceptors (Lipinski definition) is 4. The van der Waals surface area contributed by atoms with Gasteiger partial charge in [-0.05, 0) is 37.3 Å². The number of aryl methyl sites for hydroxylation is 1. The Hall–Kier alpha value is -2.43. The number of allylic oxidation sites excluding steroid dienone is 1. The summed E-state index contributed by atoms with van der Waals surface area (Å²) in [6.07, 6.45) is 5.73. The van der Waals surface area contributed by atoms with Crippen molar-refractivity contribution in [1.82, 2.24) is 14.8 Å². The minimum Gasteiger partial charge on any atom is -0.515 e. The quantitative estimate of drug-likeness (QED) is 0.647. The number of pyridine rings is 1. The molecule has 2 heterocycles. The van der Waals surface area contributed by atoms with Gasteiger partial charge in [0.15, 0.2) is 5.78 Å². The molecule has 24 heavy (non-hydrogen) atoms. The normalized spacial score (nSPS) is 27.8. The molecule has 0 saturated heterocycles. The van der Waals surface area contributed by atoms with Gasteiger partial charge in [0.2, 0.25) is 0 Å². The van der Waals surface area contributed by atoms with Crippen LogP contribution in [0.4, 0.5) is 0 Å². The van der Waals surface area contributed by atoms with E-state index in [9.17, 15) is 9.90 Å². The molecule has 1 saturated carbocycles. The van der Waals surface area contributed by atoms with E-state index in [1.165, 1.54) is 5.56 Å². The number of hydrogen-bond donors (Lipinski definition) is 1. The molecule has 2 unspecified atom stereocenters. The summed E-state index contributed by atoms with van der Waals surface area (Å²) < 4.78 is 1.92. The van der Waals surface area contributed by atoms with Crippen LogP contribution >= 0.6 is 0 Å². The van der Waals surface area contributed by atoms with Crippen molar-refractivity contribution in [3.63, 3.8) is 0 Å². The second kappa shape index (κ2) is 5.30. The van der Waals surface area contributed by atoms with E-state index < -0.39 is 0 Å². The van der Waals surface area contributed by atoms with E-state index in [4.69, 9.17) is 5.10 Å². The fraction of sp³-hybridized carbons (Fsp3) is 0.421. The maximum atomic E-state index is 12.2. The first-order valence-corrected chi connectivity index (χ1v) is 8.39. The summed E-state index contributed by atoms with van der Waals surface area (Å²) in [4.78, 5) is 16.7. The van der Waals surface area contributed by atoms with Crippen molar-refractivity contribution < 1.29 is 9.90 Å². The highest BCUT2D eigenvalue weighted by Gasteiger charge is 2.48. The Labute approximate surface area is 141 Å². The van der Waals surface area contributed by atoms with Crippen LogP contribution < -0.4 is 0 Å². The predicted octanol–water partition coefficient (Wildman–Crippen LogP) is 3.11. The number of rotatable bonds is 1. The number of Topliss-reactive ketones (excluding diaryl/α,β-unsaturated/α-hetero) is 1. The standard InChI is InChI=1S/C19H21N3O2/c1-19-10-12(11-23)16(24)9-13(19)6-7-14-17(22(2)21-18(14)19)15-5-3-4-8-20-15/h3-5,8,11,13,23H,6-7,9-10H2,1-2H3/b12-11-. The van der Waals surface area contributed by atoms with Gasteiger partial charge in [0.05, 0.1) is 23.3 Å². The molecular weight excluding hydrogens is 302 g/mol. The van der Waals surface area contributed by atoms with Crippen molar-refractivity contribution in [3.8, 4) is 11.4 Å². The Morgan fingerprint density at radius 1 is 1.42 bits per heavy atom. The molecule has 5 nitrogen and oxygen atoms in total. The Morgan fingerprint density at radius 2 is 2.25 bits per heavy atom. The topological polar surface area (TPSA) is 68.0 Å². The molecule has 0 aliphatic heterocycles. The van der Waals surface area contributed by atoms with Crippen LogP contribution in [0.3, 0.4) is 0 Å². The molecule has 2 aromatic rings. The maximum Gasteiger partial charge on any atom is 0.162 e. The van der Waals surface area contributed by atoms with Gasteiger partial charge in [0.1, 0.15) is 0 Å². The van der Waals surface area contributed by atoms with Crippen LogP contribution in [0.25, 0.3) is 11.4 Å². The van der Waals surface area contributed by atoms with Crippen LogP contribution in [-0.4, -0.2) is 25.7 Å². The van der Waals surface area contributed by atoms with Gasteiger partial charge in [-0.15, -0.1) is 0 Å². The highest BCUT2D eigenvalue weighted by molar-refractivity contribution is 5.96. The molecule has 2 aromatic heterocycles. The molecule has 1 fully saturated rings. The Morgan fingerprint density at radius 3 is 2.96 bits per heavy atom. The van der Waals surface area contributed by atoms with Gasteiger partial charge in [-0.25, -0.2) is 0 Å². The van der Waals surface area contributed by atoms with Gasteiger partial charge < -0.3 is 5.11 Å². The molecule has 0 amide bonds. The third-order valence-corrected chi connectivity index (χ3v) is 5.74. The van der Waals surface area contributed by atoms with Crippen molar-refractivity contribution >= 4 is 5.78 Å². The van der Waals surface area contributed by atoms with Gasteiger partial charge in [-0.1, -0.05) is 13.0 Å². The van der Waals surface area contributed by atoms with E-state index in [0.717, 1.165) is 36.2 Å². The maximum absolute atomic E-state index is 12.2. The van der Waals surface area contributed by atoms with E-state index in [2.05, 4.69) is 11.9 Å². The molecular formula is C19H21N3O2. The highest BCUT2D eigenvalue weighted by atomic mass is 16.2. The molecule has 2 atom stereocenters. The van der Waals surface area contributed by atoms with Crippen LogP contribution in [-0.2, 0) is 23.7 Å². The monoisotopic (exact) mass is 323 g/mol. The molecule has 5 heteroatoms. The van der Waals surface area contributed by atoms with Crippen LogP contribution in [0.15, 0.2) is 36.2 Å². The van der Waals surface area contributed by atoms with Crippen LogP contribution in [0.1, 0.15) is 37.4 Å². The van der Waals surface area contributed by atoms with E-state index >= 15 is 0 Å². The van der Waals surface area contributed by atoms with Gasteiger partial charge in [0, 0.05) is 36.2 Å². The number of carbonyl (C=O) groups excluding carboxylic acids is 1. The zero-order valence-electron chi connectivity index (χ0n) is 14.0. The summed E-state index contributed by atoms with van der Waals surface area (Å²) in [5.74, 6) is 0.358. The number of fused-ring (bicyclic) bond motifs is 3. The fourth-order valence-electron chi connectivity index (χ4n) is 4.44. The Balaban J connectivity index is 1.86. The molecule has 2 aliphatic rings. The molecule has 0 spiro atoms. The first kappa shape index (κ1) is 15.1. The number of aromatic nitrogens is 3. The number of carbonyl (C=O) groups is 1. The minimum absolute atomic E-state index is 0.0734. The number of aliphatic hydroxyl groups is 1. The molecule has 1 N–H and O–H groups in total. The van der Waals surface area contributed by atoms with Crippen molar-refractivity contribution in [2.75, 3.05) is 0 Å². The van der Waals surface area contributed by atoms with Crippen LogP contribution in [0.2, 0.25) is 0 Å². The van der Waals surface area contributed by atoms with Gasteiger partial charge in [0.25, 0.3) is 0 Å². The smallest absolute Gasteiger partial charge is 0.162 e. The summed E-state index contributed by atoms with van der Waals surface area (Å²) in [6, 6.07) is 5.91. The van der Waals surface area contributed by atoms with E-state index in [1.54, 1.807) is 6.20 Å². The van der Waals surface area contributed by atoms with Gasteiger partial charge in [-0.2, -0.15) is 5.10 Å². The fourth-order valence-corrected chi connectivity index (χ4v) is 4.44. The summed E-state index contributed by atoms with van der Waals surface area (Å²) in [5, 5.41) is 14.3. The van der Waals surface area contributed by atoms with E-state index in [-0.39, 0.29) is 17.1 Å². The van der Waals surface area contributed by atoms with E-state index in [1.807, 2.05) is 29.9 Å². The lowest BCUT2D eigenvalue weighted by Gasteiger charge is -2.44. The first-order chi connectivity index (χ1) is 11.5. The zero-order chi connectivity index (χ0) is 16.9. The third kappa shape index (κ3) is 2.04. The van der Waals surface area contributed by atoms with E-state index in [0.29, 0.717) is 18.4 Å². The molecule has 0 aromatic carbocycles. The molecule has 2 aliphatic carbocycles. The Bertz CT molecular complexity index is 838. The third-order valence-electron chi connectivity index (χ3n) is 5.74.